The third kappa shape index (κ3) is 2.08. The Hall–Kier alpha value is -1.54. The van der Waals surface area contributed by atoms with Crippen molar-refractivity contribution in [1.29, 1.82) is 0 Å². The Labute approximate surface area is 101 Å². The van der Waals surface area contributed by atoms with Gasteiger partial charge in [0.05, 0.1) is 17.5 Å². The van der Waals surface area contributed by atoms with E-state index in [9.17, 15) is 18.0 Å². The Kier molecular flexibility index (Phi) is 3.07. The first-order valence-electron chi connectivity index (χ1n) is 5.31. The monoisotopic (exact) mass is 263 g/mol. The molecular weight excluding hydrogens is 251 g/mol. The molecule has 1 fully saturated rings. The van der Waals surface area contributed by atoms with Gasteiger partial charge in [0.2, 0.25) is 0 Å². The zero-order chi connectivity index (χ0) is 13.5. The molecule has 2 rings (SSSR count). The maximum atomic E-state index is 12.7. The van der Waals surface area contributed by atoms with Gasteiger partial charge in [-0.25, -0.2) is 10.2 Å². The lowest BCUT2D eigenvalue weighted by Crippen LogP contribution is -2.41. The van der Waals surface area contributed by atoms with E-state index >= 15 is 0 Å². The van der Waals surface area contributed by atoms with Crippen molar-refractivity contribution in [3.8, 4) is 0 Å². The Balaban J connectivity index is 2.44. The zero-order valence-electron chi connectivity index (χ0n) is 9.45. The fourth-order valence-corrected chi connectivity index (χ4v) is 2.05. The van der Waals surface area contributed by atoms with Crippen LogP contribution in [0.2, 0.25) is 0 Å². The maximum Gasteiger partial charge on any atom is 0.395 e. The summed E-state index contributed by atoms with van der Waals surface area (Å²) < 4.78 is 38.1. The average molecular weight is 263 g/mol. The SMILES string of the molecule is CC(C1=C(C(=O)O)C2CNNN2C=C1)C(F)(F)F. The molecule has 1 saturated heterocycles. The highest BCUT2D eigenvalue weighted by atomic mass is 19.4. The molecule has 0 aliphatic carbocycles. The molecule has 0 bridgehead atoms. The maximum absolute atomic E-state index is 12.7. The molecule has 5 nitrogen and oxygen atoms in total. The van der Waals surface area contributed by atoms with Gasteiger partial charge in [-0.3, -0.25) is 5.01 Å². The topological polar surface area (TPSA) is 64.6 Å². The van der Waals surface area contributed by atoms with Crippen LogP contribution in [0.15, 0.2) is 23.4 Å². The largest absolute Gasteiger partial charge is 0.478 e. The standard InChI is InChI=1S/C10H12F3N3O2/c1-5(10(11,12)13)6-2-3-16-7(4-14-15-16)8(6)9(17)18/h2-3,5,7,14-15H,4H2,1H3,(H,17,18). The fourth-order valence-electron chi connectivity index (χ4n) is 2.05. The molecule has 18 heavy (non-hydrogen) atoms. The predicted octanol–water partition coefficient (Wildman–Crippen LogP) is 0.787. The van der Waals surface area contributed by atoms with Crippen LogP contribution in [0.4, 0.5) is 13.2 Å². The molecule has 2 aliphatic rings. The van der Waals surface area contributed by atoms with Crippen LogP contribution in [0.5, 0.6) is 0 Å². The van der Waals surface area contributed by atoms with E-state index < -0.39 is 24.1 Å². The number of carbonyl (C=O) groups is 1. The number of alkyl halides is 3. The summed E-state index contributed by atoms with van der Waals surface area (Å²) in [6.45, 7) is 1.20. The highest BCUT2D eigenvalue weighted by Gasteiger charge is 2.43. The number of carboxylic acid groups (broad SMARTS) is 1. The summed E-state index contributed by atoms with van der Waals surface area (Å²) in [4.78, 5) is 11.2. The van der Waals surface area contributed by atoms with Crippen LogP contribution in [-0.4, -0.2) is 34.8 Å². The van der Waals surface area contributed by atoms with Gasteiger partial charge in [0.15, 0.2) is 0 Å². The summed E-state index contributed by atoms with van der Waals surface area (Å²) in [6.07, 6.45) is -1.85. The highest BCUT2D eigenvalue weighted by molar-refractivity contribution is 5.90. The summed E-state index contributed by atoms with van der Waals surface area (Å²) in [7, 11) is 0. The number of nitrogens with one attached hydrogen (secondary N) is 2. The number of hydrogen-bond acceptors (Lipinski definition) is 4. The second kappa shape index (κ2) is 4.29. The van der Waals surface area contributed by atoms with Crippen molar-refractivity contribution in [3.63, 3.8) is 0 Å². The first kappa shape index (κ1) is 12.9. The van der Waals surface area contributed by atoms with Crippen molar-refractivity contribution >= 4 is 5.97 Å². The van der Waals surface area contributed by atoms with Gasteiger partial charge in [0.25, 0.3) is 0 Å². The van der Waals surface area contributed by atoms with Crippen molar-refractivity contribution < 1.29 is 23.1 Å². The molecule has 0 radical (unpaired) electrons. The van der Waals surface area contributed by atoms with Gasteiger partial charge in [0, 0.05) is 12.7 Å². The number of hydrazine groups is 2. The molecule has 0 spiro atoms. The summed E-state index contributed by atoms with van der Waals surface area (Å²) in [6, 6.07) is -0.632. The quantitative estimate of drug-likeness (QED) is 0.687. The number of rotatable bonds is 2. The van der Waals surface area contributed by atoms with E-state index in [1.54, 1.807) is 0 Å². The number of hydrogen-bond donors (Lipinski definition) is 3. The van der Waals surface area contributed by atoms with Gasteiger partial charge in [-0.2, -0.15) is 18.7 Å². The average Bonchev–Trinajstić information content (AvgIpc) is 2.72. The molecular formula is C10H12F3N3O2. The Morgan fingerprint density at radius 1 is 1.61 bits per heavy atom. The minimum absolute atomic E-state index is 0.193. The van der Waals surface area contributed by atoms with Gasteiger partial charge in [-0.1, -0.05) is 0 Å². The summed E-state index contributed by atoms with van der Waals surface area (Å²) in [5.74, 6) is -3.13. The van der Waals surface area contributed by atoms with Crippen LogP contribution < -0.4 is 11.0 Å². The Morgan fingerprint density at radius 3 is 2.83 bits per heavy atom. The van der Waals surface area contributed by atoms with E-state index in [2.05, 4.69) is 11.0 Å². The Bertz CT molecular complexity index is 431. The molecule has 0 aromatic carbocycles. The molecule has 2 unspecified atom stereocenters. The van der Waals surface area contributed by atoms with Crippen LogP contribution in [0.25, 0.3) is 0 Å². The van der Waals surface area contributed by atoms with Crippen molar-refractivity contribution in [2.45, 2.75) is 19.1 Å². The van der Waals surface area contributed by atoms with Gasteiger partial charge in [-0.05, 0) is 18.6 Å². The predicted molar refractivity (Wildman–Crippen MR) is 55.8 cm³/mol. The Morgan fingerprint density at radius 2 is 2.28 bits per heavy atom. The second-order valence-corrected chi connectivity index (χ2v) is 4.17. The lowest BCUT2D eigenvalue weighted by molar-refractivity contribution is -0.159. The number of carboxylic acids is 1. The lowest BCUT2D eigenvalue weighted by atomic mass is 9.89. The van der Waals surface area contributed by atoms with Crippen LogP contribution in [0.1, 0.15) is 6.92 Å². The highest BCUT2D eigenvalue weighted by Crippen LogP contribution is 2.36. The first-order chi connectivity index (χ1) is 8.32. The molecule has 2 aliphatic heterocycles. The molecule has 2 atom stereocenters. The number of allylic oxidation sites excluding steroid dienone is 2. The van der Waals surface area contributed by atoms with Crippen molar-refractivity contribution in [2.75, 3.05) is 6.54 Å². The number of halogens is 3. The third-order valence-electron chi connectivity index (χ3n) is 3.09. The second-order valence-electron chi connectivity index (χ2n) is 4.17. The molecule has 100 valence electrons. The summed E-state index contributed by atoms with van der Waals surface area (Å²) in [5.41, 5.74) is 4.94. The summed E-state index contributed by atoms with van der Waals surface area (Å²) >= 11 is 0. The molecule has 2 heterocycles. The number of fused-ring (bicyclic) bond motifs is 1. The molecule has 3 N–H and O–H groups in total. The smallest absolute Gasteiger partial charge is 0.395 e. The van der Waals surface area contributed by atoms with Crippen molar-refractivity contribution in [3.05, 3.63) is 23.4 Å². The first-order valence-corrected chi connectivity index (χ1v) is 5.31. The summed E-state index contributed by atoms with van der Waals surface area (Å²) in [5, 5.41) is 10.6. The van der Waals surface area contributed by atoms with Crippen LogP contribution in [0, 0.1) is 5.92 Å². The van der Waals surface area contributed by atoms with E-state index in [1.807, 2.05) is 0 Å². The molecule has 0 amide bonds. The van der Waals surface area contributed by atoms with Gasteiger partial charge in [0.1, 0.15) is 0 Å². The van der Waals surface area contributed by atoms with Crippen LogP contribution >= 0.6 is 0 Å². The van der Waals surface area contributed by atoms with Gasteiger partial charge < -0.3 is 5.11 Å². The molecule has 0 aromatic heterocycles. The lowest BCUT2D eigenvalue weighted by Gasteiger charge is -2.29. The fraction of sp³-hybridized carbons (Fsp3) is 0.500. The normalized spacial score (nSPS) is 25.3. The van der Waals surface area contributed by atoms with Crippen molar-refractivity contribution in [1.82, 2.24) is 16.0 Å². The van der Waals surface area contributed by atoms with Crippen LogP contribution in [-0.2, 0) is 4.79 Å². The van der Waals surface area contributed by atoms with E-state index in [0.717, 1.165) is 6.92 Å². The minimum Gasteiger partial charge on any atom is -0.478 e. The minimum atomic E-state index is -4.46. The van der Waals surface area contributed by atoms with E-state index in [0.29, 0.717) is 0 Å². The molecule has 8 heteroatoms. The zero-order valence-corrected chi connectivity index (χ0v) is 9.45. The number of aliphatic carboxylic acids is 1. The van der Waals surface area contributed by atoms with Gasteiger partial charge >= 0.3 is 12.1 Å². The number of nitrogens with zero attached hydrogens (tertiary/aromatic N) is 1. The van der Waals surface area contributed by atoms with E-state index in [-0.39, 0.29) is 17.7 Å². The van der Waals surface area contributed by atoms with Gasteiger partial charge in [-0.15, -0.1) is 0 Å². The van der Waals surface area contributed by atoms with E-state index in [4.69, 9.17) is 5.11 Å². The van der Waals surface area contributed by atoms with E-state index in [1.165, 1.54) is 17.3 Å². The third-order valence-corrected chi connectivity index (χ3v) is 3.09. The van der Waals surface area contributed by atoms with Crippen molar-refractivity contribution in [2.24, 2.45) is 5.92 Å². The molecule has 0 aromatic rings. The molecule has 0 saturated carbocycles. The van der Waals surface area contributed by atoms with Crippen LogP contribution in [0.3, 0.4) is 0 Å².